The lowest BCUT2D eigenvalue weighted by Gasteiger charge is -2.32. The molecule has 1 amide bonds. The molecule has 1 aromatic carbocycles. The fourth-order valence-electron chi connectivity index (χ4n) is 3.73. The fourth-order valence-corrected chi connectivity index (χ4v) is 3.73. The summed E-state index contributed by atoms with van der Waals surface area (Å²) >= 11 is 0. The van der Waals surface area contributed by atoms with E-state index in [1.54, 1.807) is 9.13 Å². The van der Waals surface area contributed by atoms with Crippen molar-refractivity contribution in [2.75, 3.05) is 19.7 Å². The summed E-state index contributed by atoms with van der Waals surface area (Å²) in [6, 6.07) is 7.76. The molecule has 6 nitrogen and oxygen atoms in total. The van der Waals surface area contributed by atoms with Gasteiger partial charge in [-0.3, -0.25) is 13.9 Å². The molecule has 3 rings (SSSR count). The van der Waals surface area contributed by atoms with E-state index in [1.165, 1.54) is 0 Å². The highest BCUT2D eigenvalue weighted by molar-refractivity contribution is 5.78. The Kier molecular flexibility index (Phi) is 5.58. The number of hydrogen-bond donors (Lipinski definition) is 1. The molecule has 0 aliphatic carbocycles. The Morgan fingerprint density at radius 3 is 2.52 bits per heavy atom. The first-order chi connectivity index (χ1) is 12.2. The van der Waals surface area contributed by atoms with Gasteiger partial charge in [0.05, 0.1) is 11.0 Å². The number of aryl methyl sites for hydroxylation is 2. The fraction of sp³-hybridized carbons (Fsp3) is 0.579. The van der Waals surface area contributed by atoms with Crippen molar-refractivity contribution in [2.24, 2.45) is 5.92 Å². The SMILES string of the molecule is CCCn1c(=O)n(CCC(=O)N2CCCC(CO)C2)c2ccccc21. The van der Waals surface area contributed by atoms with Crippen LogP contribution in [0.2, 0.25) is 0 Å². The van der Waals surface area contributed by atoms with Crippen LogP contribution in [0.15, 0.2) is 29.1 Å². The summed E-state index contributed by atoms with van der Waals surface area (Å²) in [5, 5.41) is 9.32. The maximum absolute atomic E-state index is 12.7. The molecule has 1 fully saturated rings. The second kappa shape index (κ2) is 7.87. The molecule has 2 aromatic rings. The normalized spacial score (nSPS) is 18.0. The minimum absolute atomic E-state index is 0.0391. The summed E-state index contributed by atoms with van der Waals surface area (Å²) in [7, 11) is 0. The maximum Gasteiger partial charge on any atom is 0.329 e. The van der Waals surface area contributed by atoms with E-state index in [0.29, 0.717) is 26.1 Å². The van der Waals surface area contributed by atoms with Crippen LogP contribution in [0.25, 0.3) is 11.0 Å². The molecule has 1 atom stereocenters. The number of rotatable bonds is 6. The summed E-state index contributed by atoms with van der Waals surface area (Å²) in [5.74, 6) is 0.254. The summed E-state index contributed by atoms with van der Waals surface area (Å²) in [4.78, 5) is 27.1. The highest BCUT2D eigenvalue weighted by Gasteiger charge is 2.23. The number of aliphatic hydroxyl groups excluding tert-OH is 1. The van der Waals surface area contributed by atoms with E-state index in [9.17, 15) is 14.7 Å². The minimum atomic E-state index is -0.0391. The van der Waals surface area contributed by atoms with E-state index in [1.807, 2.05) is 29.2 Å². The molecule has 25 heavy (non-hydrogen) atoms. The molecular formula is C19H27N3O3. The number of fused-ring (bicyclic) bond motifs is 1. The Balaban J connectivity index is 1.76. The first-order valence-corrected chi connectivity index (χ1v) is 9.22. The van der Waals surface area contributed by atoms with Crippen molar-refractivity contribution in [3.05, 3.63) is 34.7 Å². The molecule has 0 radical (unpaired) electrons. The second-order valence-electron chi connectivity index (χ2n) is 6.86. The molecule has 1 saturated heterocycles. The molecule has 1 aromatic heterocycles. The largest absolute Gasteiger partial charge is 0.396 e. The van der Waals surface area contributed by atoms with Crippen molar-refractivity contribution in [1.82, 2.24) is 14.0 Å². The van der Waals surface area contributed by atoms with Crippen LogP contribution < -0.4 is 5.69 Å². The monoisotopic (exact) mass is 345 g/mol. The van der Waals surface area contributed by atoms with Gasteiger partial charge in [-0.25, -0.2) is 4.79 Å². The maximum atomic E-state index is 12.7. The standard InChI is InChI=1S/C19H27N3O3/c1-2-10-21-16-7-3-4-8-17(16)22(19(21)25)12-9-18(24)20-11-5-6-15(13-20)14-23/h3-4,7-8,15,23H,2,5-6,9-14H2,1H3. The van der Waals surface area contributed by atoms with Crippen LogP contribution in [-0.4, -0.2) is 44.7 Å². The van der Waals surface area contributed by atoms with Crippen LogP contribution in [0.3, 0.4) is 0 Å². The number of imidazole rings is 1. The van der Waals surface area contributed by atoms with Crippen molar-refractivity contribution in [3.8, 4) is 0 Å². The van der Waals surface area contributed by atoms with Crippen LogP contribution in [-0.2, 0) is 17.9 Å². The van der Waals surface area contributed by atoms with Crippen LogP contribution in [0, 0.1) is 5.92 Å². The number of piperidine rings is 1. The Bertz CT molecular complexity index is 793. The second-order valence-corrected chi connectivity index (χ2v) is 6.86. The van der Waals surface area contributed by atoms with E-state index in [4.69, 9.17) is 0 Å². The van der Waals surface area contributed by atoms with Gasteiger partial charge in [-0.1, -0.05) is 19.1 Å². The van der Waals surface area contributed by atoms with Gasteiger partial charge in [-0.15, -0.1) is 0 Å². The number of carbonyl (C=O) groups is 1. The number of benzene rings is 1. The van der Waals surface area contributed by atoms with E-state index in [-0.39, 0.29) is 24.1 Å². The first-order valence-electron chi connectivity index (χ1n) is 9.22. The van der Waals surface area contributed by atoms with Gasteiger partial charge in [-0.05, 0) is 37.3 Å². The lowest BCUT2D eigenvalue weighted by atomic mass is 9.99. The number of para-hydroxylation sites is 2. The Labute approximate surface area is 147 Å². The van der Waals surface area contributed by atoms with Crippen molar-refractivity contribution in [2.45, 2.75) is 45.7 Å². The van der Waals surface area contributed by atoms with E-state index >= 15 is 0 Å². The van der Waals surface area contributed by atoms with Crippen LogP contribution in [0.4, 0.5) is 0 Å². The molecule has 1 unspecified atom stereocenters. The van der Waals surface area contributed by atoms with Crippen molar-refractivity contribution < 1.29 is 9.90 Å². The molecule has 6 heteroatoms. The van der Waals surface area contributed by atoms with Gasteiger partial charge in [0.2, 0.25) is 5.91 Å². The van der Waals surface area contributed by atoms with Gasteiger partial charge < -0.3 is 10.0 Å². The van der Waals surface area contributed by atoms with Gasteiger partial charge >= 0.3 is 5.69 Å². The lowest BCUT2D eigenvalue weighted by molar-refractivity contribution is -0.133. The van der Waals surface area contributed by atoms with Gasteiger partial charge in [-0.2, -0.15) is 0 Å². The lowest BCUT2D eigenvalue weighted by Crippen LogP contribution is -2.41. The highest BCUT2D eigenvalue weighted by Crippen LogP contribution is 2.18. The first kappa shape index (κ1) is 17.7. The van der Waals surface area contributed by atoms with Crippen LogP contribution in [0.5, 0.6) is 0 Å². The molecular weight excluding hydrogens is 318 g/mol. The summed E-state index contributed by atoms with van der Waals surface area (Å²) < 4.78 is 3.51. The third-order valence-electron chi connectivity index (χ3n) is 5.05. The van der Waals surface area contributed by atoms with E-state index < -0.39 is 0 Å². The number of carbonyl (C=O) groups excluding carboxylic acids is 1. The van der Waals surface area contributed by atoms with Crippen molar-refractivity contribution in [3.63, 3.8) is 0 Å². The zero-order valence-electron chi connectivity index (χ0n) is 14.9. The number of aromatic nitrogens is 2. The summed E-state index contributed by atoms with van der Waals surface area (Å²) in [6.45, 7) is 4.65. The van der Waals surface area contributed by atoms with E-state index in [0.717, 1.165) is 36.8 Å². The topological polar surface area (TPSA) is 67.5 Å². The summed E-state index contributed by atoms with van der Waals surface area (Å²) in [6.07, 6.45) is 3.12. The molecule has 0 saturated carbocycles. The number of aliphatic hydroxyl groups is 1. The van der Waals surface area contributed by atoms with Gasteiger partial charge in [0.15, 0.2) is 0 Å². The van der Waals surface area contributed by atoms with Crippen molar-refractivity contribution in [1.29, 1.82) is 0 Å². The Morgan fingerprint density at radius 2 is 1.88 bits per heavy atom. The predicted octanol–water partition coefficient (Wildman–Crippen LogP) is 1.83. The number of amides is 1. The Morgan fingerprint density at radius 1 is 1.20 bits per heavy atom. The summed E-state index contributed by atoms with van der Waals surface area (Å²) in [5.41, 5.74) is 1.78. The highest BCUT2D eigenvalue weighted by atomic mass is 16.3. The zero-order chi connectivity index (χ0) is 17.8. The third-order valence-corrected chi connectivity index (χ3v) is 5.05. The number of nitrogens with zero attached hydrogens (tertiary/aromatic N) is 3. The molecule has 1 N–H and O–H groups in total. The average Bonchev–Trinajstić information content (AvgIpc) is 2.92. The number of hydrogen-bond acceptors (Lipinski definition) is 3. The van der Waals surface area contributed by atoms with Crippen molar-refractivity contribution >= 4 is 16.9 Å². The molecule has 1 aliphatic heterocycles. The molecule has 1 aliphatic rings. The number of likely N-dealkylation sites (tertiary alicyclic amines) is 1. The quantitative estimate of drug-likeness (QED) is 0.869. The van der Waals surface area contributed by atoms with Crippen LogP contribution in [0.1, 0.15) is 32.6 Å². The zero-order valence-corrected chi connectivity index (χ0v) is 14.9. The van der Waals surface area contributed by atoms with Crippen LogP contribution >= 0.6 is 0 Å². The molecule has 2 heterocycles. The van der Waals surface area contributed by atoms with Gasteiger partial charge in [0, 0.05) is 39.2 Å². The van der Waals surface area contributed by atoms with E-state index in [2.05, 4.69) is 6.92 Å². The predicted molar refractivity (Wildman–Crippen MR) is 97.5 cm³/mol. The minimum Gasteiger partial charge on any atom is -0.396 e. The average molecular weight is 345 g/mol. The third kappa shape index (κ3) is 3.63. The Hall–Kier alpha value is -2.08. The molecule has 0 bridgehead atoms. The molecule has 136 valence electrons. The van der Waals surface area contributed by atoms with Gasteiger partial charge in [0.1, 0.15) is 0 Å². The smallest absolute Gasteiger partial charge is 0.329 e. The molecule has 0 spiro atoms. The van der Waals surface area contributed by atoms with Gasteiger partial charge in [0.25, 0.3) is 0 Å².